The molecular weight excluding hydrogens is 266 g/mol. The summed E-state index contributed by atoms with van der Waals surface area (Å²) in [6, 6.07) is 3.11. The van der Waals surface area contributed by atoms with E-state index in [2.05, 4.69) is 10.5 Å². The molecular formula is C12H17N3O5. The predicted molar refractivity (Wildman–Crippen MR) is 71.8 cm³/mol. The summed E-state index contributed by atoms with van der Waals surface area (Å²) < 4.78 is 15.5. The summed E-state index contributed by atoms with van der Waals surface area (Å²) in [5.74, 6) is 0.430. The van der Waals surface area contributed by atoms with Crippen molar-refractivity contribution in [2.75, 3.05) is 27.9 Å². The van der Waals surface area contributed by atoms with Gasteiger partial charge in [0, 0.05) is 0 Å². The fourth-order valence-electron chi connectivity index (χ4n) is 1.58. The molecule has 8 nitrogen and oxygen atoms in total. The highest BCUT2D eigenvalue weighted by atomic mass is 16.5. The van der Waals surface area contributed by atoms with Crippen molar-refractivity contribution in [2.24, 2.45) is 10.9 Å². The molecule has 0 aliphatic heterocycles. The van der Waals surface area contributed by atoms with Crippen LogP contribution in [0.15, 0.2) is 17.3 Å². The minimum atomic E-state index is -0.450. The smallest absolute Gasteiger partial charge is 0.255 e. The SMILES string of the molecule is COc1ccc(C(=O)NC/C(N)=N/O)c(OC)c1OC. The molecule has 0 unspecified atom stereocenters. The number of nitrogens with zero attached hydrogens (tertiary/aromatic N) is 1. The van der Waals surface area contributed by atoms with Crippen molar-refractivity contribution in [3.8, 4) is 17.2 Å². The Morgan fingerprint density at radius 3 is 2.40 bits per heavy atom. The molecule has 1 aromatic carbocycles. The monoisotopic (exact) mass is 283 g/mol. The van der Waals surface area contributed by atoms with Crippen LogP contribution in [0.5, 0.6) is 17.2 Å². The van der Waals surface area contributed by atoms with Crippen molar-refractivity contribution < 1.29 is 24.2 Å². The lowest BCUT2D eigenvalue weighted by atomic mass is 10.1. The first-order valence-corrected chi connectivity index (χ1v) is 5.62. The molecule has 0 fully saturated rings. The number of oxime groups is 1. The fraction of sp³-hybridized carbons (Fsp3) is 0.333. The van der Waals surface area contributed by atoms with E-state index in [0.717, 1.165) is 0 Å². The lowest BCUT2D eigenvalue weighted by Gasteiger charge is -2.15. The molecule has 0 aliphatic rings. The van der Waals surface area contributed by atoms with E-state index in [1.165, 1.54) is 27.4 Å². The first kappa shape index (κ1) is 15.4. The molecule has 4 N–H and O–H groups in total. The maximum Gasteiger partial charge on any atom is 0.255 e. The zero-order chi connectivity index (χ0) is 15.1. The van der Waals surface area contributed by atoms with Crippen molar-refractivity contribution in [1.29, 1.82) is 0 Å². The van der Waals surface area contributed by atoms with Gasteiger partial charge in [0.25, 0.3) is 5.91 Å². The molecule has 0 atom stereocenters. The Bertz CT molecular complexity index is 516. The summed E-state index contributed by atoms with van der Waals surface area (Å²) in [4.78, 5) is 12.0. The number of benzene rings is 1. The van der Waals surface area contributed by atoms with E-state index in [1.54, 1.807) is 6.07 Å². The summed E-state index contributed by atoms with van der Waals surface area (Å²) in [6.45, 7) is -0.0904. The van der Waals surface area contributed by atoms with E-state index in [1.807, 2.05) is 0 Å². The molecule has 1 rings (SSSR count). The van der Waals surface area contributed by atoms with Crippen LogP contribution in [0.4, 0.5) is 0 Å². The number of nitrogens with one attached hydrogen (secondary N) is 1. The van der Waals surface area contributed by atoms with Crippen LogP contribution in [0.3, 0.4) is 0 Å². The van der Waals surface area contributed by atoms with Crippen molar-refractivity contribution in [2.45, 2.75) is 0 Å². The average Bonchev–Trinajstić information content (AvgIpc) is 2.50. The number of nitrogens with two attached hydrogens (primary N) is 1. The fourth-order valence-corrected chi connectivity index (χ4v) is 1.58. The standard InChI is InChI=1S/C12H17N3O5/c1-18-8-5-4-7(10(19-2)11(8)20-3)12(16)14-6-9(13)15-17/h4-5,17H,6H2,1-3H3,(H2,13,15)(H,14,16). The molecule has 1 aromatic rings. The molecule has 0 heterocycles. The highest BCUT2D eigenvalue weighted by Crippen LogP contribution is 2.39. The van der Waals surface area contributed by atoms with Crippen LogP contribution in [0.2, 0.25) is 0 Å². The van der Waals surface area contributed by atoms with E-state index in [4.69, 9.17) is 25.2 Å². The summed E-state index contributed by atoms with van der Waals surface area (Å²) in [5.41, 5.74) is 5.53. The molecule has 0 spiro atoms. The summed E-state index contributed by atoms with van der Waals surface area (Å²) in [7, 11) is 4.34. The highest BCUT2D eigenvalue weighted by molar-refractivity contribution is 6.00. The van der Waals surface area contributed by atoms with Gasteiger partial charge < -0.3 is 30.5 Å². The molecule has 110 valence electrons. The third-order valence-corrected chi connectivity index (χ3v) is 2.51. The number of amidine groups is 1. The maximum atomic E-state index is 12.0. The van der Waals surface area contributed by atoms with Gasteiger partial charge in [-0.05, 0) is 12.1 Å². The van der Waals surface area contributed by atoms with Crippen LogP contribution in [-0.4, -0.2) is 44.8 Å². The predicted octanol–water partition coefficient (Wildman–Crippen LogP) is 0.189. The first-order valence-electron chi connectivity index (χ1n) is 5.62. The second-order valence-electron chi connectivity index (χ2n) is 3.66. The molecule has 0 aliphatic carbocycles. The van der Waals surface area contributed by atoms with Crippen molar-refractivity contribution in [3.05, 3.63) is 17.7 Å². The zero-order valence-electron chi connectivity index (χ0n) is 11.5. The van der Waals surface area contributed by atoms with Gasteiger partial charge in [0.05, 0.1) is 33.4 Å². The molecule has 0 bridgehead atoms. The number of carbonyl (C=O) groups is 1. The molecule has 20 heavy (non-hydrogen) atoms. The second kappa shape index (κ2) is 7.07. The highest BCUT2D eigenvalue weighted by Gasteiger charge is 2.20. The Kier molecular flexibility index (Phi) is 5.45. The summed E-state index contributed by atoms with van der Waals surface area (Å²) in [5, 5.41) is 13.7. The normalized spacial score (nSPS) is 10.8. The van der Waals surface area contributed by atoms with Crippen LogP contribution < -0.4 is 25.3 Å². The van der Waals surface area contributed by atoms with Crippen LogP contribution in [-0.2, 0) is 0 Å². The van der Waals surface area contributed by atoms with Gasteiger partial charge in [0.15, 0.2) is 17.3 Å². The molecule has 1 amide bonds. The van der Waals surface area contributed by atoms with Gasteiger partial charge in [-0.15, -0.1) is 0 Å². The number of carbonyl (C=O) groups excluding carboxylic acids is 1. The Balaban J connectivity index is 3.08. The van der Waals surface area contributed by atoms with E-state index in [0.29, 0.717) is 11.5 Å². The average molecular weight is 283 g/mol. The van der Waals surface area contributed by atoms with Crippen LogP contribution in [0.1, 0.15) is 10.4 Å². The van der Waals surface area contributed by atoms with E-state index in [-0.39, 0.29) is 23.7 Å². The molecule has 0 radical (unpaired) electrons. The van der Waals surface area contributed by atoms with Crippen molar-refractivity contribution in [1.82, 2.24) is 5.32 Å². The topological polar surface area (TPSA) is 115 Å². The second-order valence-corrected chi connectivity index (χ2v) is 3.66. The number of amides is 1. The van der Waals surface area contributed by atoms with E-state index >= 15 is 0 Å². The van der Waals surface area contributed by atoms with E-state index < -0.39 is 5.91 Å². The third-order valence-electron chi connectivity index (χ3n) is 2.51. The zero-order valence-corrected chi connectivity index (χ0v) is 11.5. The van der Waals surface area contributed by atoms with Crippen molar-refractivity contribution >= 4 is 11.7 Å². The largest absolute Gasteiger partial charge is 0.493 e. The van der Waals surface area contributed by atoms with Crippen LogP contribution in [0.25, 0.3) is 0 Å². The minimum Gasteiger partial charge on any atom is -0.493 e. The number of methoxy groups -OCH3 is 3. The third kappa shape index (κ3) is 3.22. The van der Waals surface area contributed by atoms with Gasteiger partial charge >= 0.3 is 0 Å². The van der Waals surface area contributed by atoms with Crippen LogP contribution in [0, 0.1) is 0 Å². The van der Waals surface area contributed by atoms with Gasteiger partial charge in [-0.25, -0.2) is 0 Å². The lowest BCUT2D eigenvalue weighted by Crippen LogP contribution is -2.33. The molecule has 0 aromatic heterocycles. The van der Waals surface area contributed by atoms with Gasteiger partial charge in [-0.1, -0.05) is 5.16 Å². The molecule has 0 saturated heterocycles. The Morgan fingerprint density at radius 1 is 1.25 bits per heavy atom. The number of hydrogen-bond acceptors (Lipinski definition) is 6. The summed E-state index contributed by atoms with van der Waals surface area (Å²) >= 11 is 0. The van der Waals surface area contributed by atoms with Gasteiger partial charge in [0.1, 0.15) is 0 Å². The number of ether oxygens (including phenoxy) is 3. The maximum absolute atomic E-state index is 12.0. The lowest BCUT2D eigenvalue weighted by molar-refractivity contribution is 0.0955. The Morgan fingerprint density at radius 2 is 1.90 bits per heavy atom. The van der Waals surface area contributed by atoms with E-state index in [9.17, 15) is 4.79 Å². The molecule has 8 heteroatoms. The van der Waals surface area contributed by atoms with Crippen molar-refractivity contribution in [3.63, 3.8) is 0 Å². The first-order chi connectivity index (χ1) is 9.58. The Labute approximate surface area is 116 Å². The molecule has 0 saturated carbocycles. The summed E-state index contributed by atoms with van der Waals surface area (Å²) in [6.07, 6.45) is 0. The quantitative estimate of drug-likeness (QED) is 0.297. The van der Waals surface area contributed by atoms with Gasteiger partial charge in [-0.3, -0.25) is 4.79 Å². The Hall–Kier alpha value is -2.64. The van der Waals surface area contributed by atoms with Gasteiger partial charge in [0.2, 0.25) is 5.75 Å². The number of hydrogen-bond donors (Lipinski definition) is 3. The van der Waals surface area contributed by atoms with Crippen LogP contribution >= 0.6 is 0 Å². The number of rotatable bonds is 6. The minimum absolute atomic E-state index is 0.0904. The van der Waals surface area contributed by atoms with Gasteiger partial charge in [-0.2, -0.15) is 0 Å².